The maximum absolute atomic E-state index is 11.9. The third-order valence-corrected chi connectivity index (χ3v) is 3.48. The molecule has 21 heavy (non-hydrogen) atoms. The summed E-state index contributed by atoms with van der Waals surface area (Å²) in [5, 5.41) is 11.8. The summed E-state index contributed by atoms with van der Waals surface area (Å²) in [6.45, 7) is 5.33. The van der Waals surface area contributed by atoms with Crippen LogP contribution in [-0.4, -0.2) is 48.3 Å². The highest BCUT2D eigenvalue weighted by atomic mass is 16.5. The van der Waals surface area contributed by atoms with Crippen LogP contribution in [0.3, 0.4) is 0 Å². The van der Waals surface area contributed by atoms with Gasteiger partial charge in [0, 0.05) is 13.3 Å². The van der Waals surface area contributed by atoms with E-state index in [-0.39, 0.29) is 18.2 Å². The number of aliphatic carboxylic acids is 1. The van der Waals surface area contributed by atoms with Gasteiger partial charge in [0.05, 0.1) is 25.2 Å². The Bertz CT molecular complexity index is 408. The number of esters is 1. The van der Waals surface area contributed by atoms with Gasteiger partial charge in [-0.05, 0) is 12.3 Å². The van der Waals surface area contributed by atoms with E-state index in [2.05, 4.69) is 5.32 Å². The summed E-state index contributed by atoms with van der Waals surface area (Å²) in [6, 6.07) is -0.420. The second-order valence-electron chi connectivity index (χ2n) is 5.73. The van der Waals surface area contributed by atoms with Crippen LogP contribution in [0.1, 0.15) is 33.6 Å². The van der Waals surface area contributed by atoms with Crippen LogP contribution in [0.25, 0.3) is 0 Å². The fourth-order valence-corrected chi connectivity index (χ4v) is 2.66. The highest BCUT2D eigenvalue weighted by Crippen LogP contribution is 2.32. The van der Waals surface area contributed by atoms with Gasteiger partial charge in [0.25, 0.3) is 0 Å². The largest absolute Gasteiger partial charge is 0.479 e. The number of carbonyl (C=O) groups excluding carboxylic acids is 2. The molecule has 7 nitrogen and oxygen atoms in total. The number of amides is 1. The van der Waals surface area contributed by atoms with E-state index in [1.807, 2.05) is 13.8 Å². The van der Waals surface area contributed by atoms with Gasteiger partial charge >= 0.3 is 11.9 Å². The topological polar surface area (TPSA) is 102 Å². The monoisotopic (exact) mass is 301 g/mol. The first-order valence-corrected chi connectivity index (χ1v) is 6.99. The van der Waals surface area contributed by atoms with Crippen LogP contribution in [0.5, 0.6) is 0 Å². The van der Waals surface area contributed by atoms with Crippen molar-refractivity contribution < 1.29 is 29.0 Å². The molecule has 0 unspecified atom stereocenters. The average molecular weight is 301 g/mol. The summed E-state index contributed by atoms with van der Waals surface area (Å²) in [7, 11) is 1.25. The highest BCUT2D eigenvalue weighted by molar-refractivity contribution is 5.78. The predicted octanol–water partition coefficient (Wildman–Crippen LogP) is 0.569. The quantitative estimate of drug-likeness (QED) is 0.695. The first-order chi connectivity index (χ1) is 9.76. The van der Waals surface area contributed by atoms with E-state index in [0.717, 1.165) is 0 Å². The summed E-state index contributed by atoms with van der Waals surface area (Å²) in [4.78, 5) is 34.3. The number of carboxylic acid groups (broad SMARTS) is 1. The standard InChI is InChI=1S/C14H23NO6/c1-7(2)5-10(15-8(3)16)12-9(14(19)20-4)6-11(21-12)13(17)18/h7,9-12H,5-6H2,1-4H3,(H,15,16)(H,17,18)/t9-,10+,11+,12+/m0/s1. The molecule has 1 rings (SSSR count). The van der Waals surface area contributed by atoms with Crippen LogP contribution in [0.15, 0.2) is 0 Å². The lowest BCUT2D eigenvalue weighted by Gasteiger charge is -2.28. The van der Waals surface area contributed by atoms with Gasteiger partial charge in [-0.1, -0.05) is 13.8 Å². The van der Waals surface area contributed by atoms with E-state index in [9.17, 15) is 14.4 Å². The Morgan fingerprint density at radius 3 is 2.43 bits per heavy atom. The lowest BCUT2D eigenvalue weighted by Crippen LogP contribution is -2.47. The van der Waals surface area contributed by atoms with Gasteiger partial charge in [-0.25, -0.2) is 4.79 Å². The van der Waals surface area contributed by atoms with Crippen molar-refractivity contribution in [2.24, 2.45) is 11.8 Å². The van der Waals surface area contributed by atoms with Crippen LogP contribution < -0.4 is 5.32 Å². The van der Waals surface area contributed by atoms with E-state index in [4.69, 9.17) is 14.6 Å². The molecule has 2 N–H and O–H groups in total. The first-order valence-electron chi connectivity index (χ1n) is 6.99. The van der Waals surface area contributed by atoms with Crippen LogP contribution in [0.2, 0.25) is 0 Å². The number of ether oxygens (including phenoxy) is 2. The Balaban J connectivity index is 2.96. The van der Waals surface area contributed by atoms with Gasteiger partial charge in [-0.15, -0.1) is 0 Å². The maximum Gasteiger partial charge on any atom is 0.332 e. The number of hydrogen-bond acceptors (Lipinski definition) is 5. The van der Waals surface area contributed by atoms with Crippen LogP contribution in [0.4, 0.5) is 0 Å². The molecule has 7 heteroatoms. The molecule has 0 aliphatic carbocycles. The summed E-state index contributed by atoms with van der Waals surface area (Å²) in [6.07, 6.45) is -1.10. The molecular formula is C14H23NO6. The maximum atomic E-state index is 11.9. The van der Waals surface area contributed by atoms with Crippen molar-refractivity contribution in [3.63, 3.8) is 0 Å². The zero-order chi connectivity index (χ0) is 16.2. The Morgan fingerprint density at radius 2 is 2.00 bits per heavy atom. The summed E-state index contributed by atoms with van der Waals surface area (Å²) >= 11 is 0. The number of methoxy groups -OCH3 is 1. The van der Waals surface area contributed by atoms with E-state index in [1.165, 1.54) is 14.0 Å². The molecule has 4 atom stereocenters. The third-order valence-electron chi connectivity index (χ3n) is 3.48. The zero-order valence-corrected chi connectivity index (χ0v) is 12.8. The van der Waals surface area contributed by atoms with Gasteiger partial charge < -0.3 is 19.9 Å². The Morgan fingerprint density at radius 1 is 1.38 bits per heavy atom. The van der Waals surface area contributed by atoms with Crippen molar-refractivity contribution in [2.45, 2.75) is 51.9 Å². The minimum Gasteiger partial charge on any atom is -0.479 e. The number of rotatable bonds is 6. The van der Waals surface area contributed by atoms with Crippen molar-refractivity contribution in [1.82, 2.24) is 5.32 Å². The molecule has 1 saturated heterocycles. The van der Waals surface area contributed by atoms with E-state index >= 15 is 0 Å². The smallest absolute Gasteiger partial charge is 0.332 e. The van der Waals surface area contributed by atoms with Gasteiger partial charge in [0.2, 0.25) is 5.91 Å². The molecule has 120 valence electrons. The molecule has 1 amide bonds. The van der Waals surface area contributed by atoms with Crippen molar-refractivity contribution in [2.75, 3.05) is 7.11 Å². The summed E-state index contributed by atoms with van der Waals surface area (Å²) in [5.41, 5.74) is 0. The SMILES string of the molecule is COC(=O)[C@H]1C[C@H](C(=O)O)O[C@H]1[C@@H](CC(C)C)NC(C)=O. The highest BCUT2D eigenvalue weighted by Gasteiger charge is 2.47. The fraction of sp³-hybridized carbons (Fsp3) is 0.786. The third kappa shape index (κ3) is 4.70. The fourth-order valence-electron chi connectivity index (χ4n) is 2.66. The van der Waals surface area contributed by atoms with Crippen LogP contribution >= 0.6 is 0 Å². The average Bonchev–Trinajstić information content (AvgIpc) is 2.81. The van der Waals surface area contributed by atoms with Crippen molar-refractivity contribution >= 4 is 17.8 Å². The minimum atomic E-state index is -1.11. The second-order valence-corrected chi connectivity index (χ2v) is 5.73. The zero-order valence-electron chi connectivity index (χ0n) is 12.8. The molecule has 0 saturated carbocycles. The number of hydrogen-bond donors (Lipinski definition) is 2. The van der Waals surface area contributed by atoms with Gasteiger partial charge in [0.1, 0.15) is 0 Å². The normalized spacial score (nSPS) is 26.4. The Labute approximate surface area is 124 Å². The molecule has 0 radical (unpaired) electrons. The van der Waals surface area contributed by atoms with Gasteiger partial charge in [-0.2, -0.15) is 0 Å². The summed E-state index contributed by atoms with van der Waals surface area (Å²) < 4.78 is 10.2. The second kappa shape index (κ2) is 7.40. The molecule has 1 aliphatic heterocycles. The molecule has 0 aromatic rings. The molecule has 1 heterocycles. The van der Waals surface area contributed by atoms with Crippen LogP contribution in [0, 0.1) is 11.8 Å². The lowest BCUT2D eigenvalue weighted by molar-refractivity contribution is -0.153. The Hall–Kier alpha value is -1.63. The van der Waals surface area contributed by atoms with Crippen molar-refractivity contribution in [1.29, 1.82) is 0 Å². The molecule has 0 spiro atoms. The van der Waals surface area contributed by atoms with Crippen LogP contribution in [-0.2, 0) is 23.9 Å². The van der Waals surface area contributed by atoms with Gasteiger partial charge in [0.15, 0.2) is 6.10 Å². The van der Waals surface area contributed by atoms with Crippen molar-refractivity contribution in [3.8, 4) is 0 Å². The molecule has 0 aromatic heterocycles. The number of carbonyl (C=O) groups is 3. The molecule has 1 fully saturated rings. The van der Waals surface area contributed by atoms with Crippen molar-refractivity contribution in [3.05, 3.63) is 0 Å². The minimum absolute atomic E-state index is 0.0564. The number of nitrogens with one attached hydrogen (secondary N) is 1. The van der Waals surface area contributed by atoms with E-state index < -0.39 is 36.1 Å². The molecule has 1 aliphatic rings. The molecular weight excluding hydrogens is 278 g/mol. The van der Waals surface area contributed by atoms with Gasteiger partial charge in [-0.3, -0.25) is 9.59 Å². The van der Waals surface area contributed by atoms with E-state index in [0.29, 0.717) is 6.42 Å². The van der Waals surface area contributed by atoms with E-state index in [1.54, 1.807) is 0 Å². The first kappa shape index (κ1) is 17.4. The lowest BCUT2D eigenvalue weighted by atomic mass is 9.89. The predicted molar refractivity (Wildman–Crippen MR) is 73.5 cm³/mol. The summed E-state index contributed by atoms with van der Waals surface area (Å²) in [5.74, 6) is -2.30. The number of carboxylic acids is 1. The molecule has 0 aromatic carbocycles. The Kier molecular flexibility index (Phi) is 6.14. The molecule has 0 bridgehead atoms.